The Balaban J connectivity index is 1.86. The zero-order valence-corrected chi connectivity index (χ0v) is 16.6. The van der Waals surface area contributed by atoms with E-state index in [0.717, 1.165) is 12.1 Å². The van der Waals surface area contributed by atoms with Crippen LogP contribution >= 0.6 is 0 Å². The largest absolute Gasteiger partial charge is 0.416 e. The molecule has 9 nitrogen and oxygen atoms in total. The summed E-state index contributed by atoms with van der Waals surface area (Å²) in [4.78, 5) is 11.8. The summed E-state index contributed by atoms with van der Waals surface area (Å²) in [5.74, 6) is -0.118. The third kappa shape index (κ3) is 3.71. The molecule has 0 fully saturated rings. The normalized spacial score (nSPS) is 12.5. The minimum atomic E-state index is -4.51. The van der Waals surface area contributed by atoms with Crippen molar-refractivity contribution in [3.05, 3.63) is 59.5 Å². The fourth-order valence-corrected chi connectivity index (χ4v) is 3.30. The van der Waals surface area contributed by atoms with Gasteiger partial charge < -0.3 is 16.8 Å². The van der Waals surface area contributed by atoms with Gasteiger partial charge in [0.25, 0.3) is 0 Å². The Morgan fingerprint density at radius 2 is 1.97 bits per heavy atom. The second-order valence-electron chi connectivity index (χ2n) is 6.91. The molecule has 5 N–H and O–H groups in total. The molecule has 32 heavy (non-hydrogen) atoms. The van der Waals surface area contributed by atoms with Crippen LogP contribution in [0.5, 0.6) is 0 Å². The van der Waals surface area contributed by atoms with E-state index < -0.39 is 17.8 Å². The SMILES string of the molecule is CC(Nc1nc(N)nc(N)c1C#N)c1nn(-c2cccnc2)c2cc(C(F)(F)F)ccc12. The average Bonchev–Trinajstić information content (AvgIpc) is 3.12. The van der Waals surface area contributed by atoms with Gasteiger partial charge in [0.1, 0.15) is 17.5 Å². The lowest BCUT2D eigenvalue weighted by molar-refractivity contribution is -0.137. The van der Waals surface area contributed by atoms with E-state index in [4.69, 9.17) is 11.5 Å². The number of rotatable bonds is 4. The van der Waals surface area contributed by atoms with Crippen molar-refractivity contribution in [1.29, 1.82) is 5.26 Å². The predicted molar refractivity (Wildman–Crippen MR) is 111 cm³/mol. The van der Waals surface area contributed by atoms with Crippen molar-refractivity contribution in [3.63, 3.8) is 0 Å². The van der Waals surface area contributed by atoms with Crippen LogP contribution in [-0.4, -0.2) is 24.7 Å². The Morgan fingerprint density at radius 1 is 1.19 bits per heavy atom. The van der Waals surface area contributed by atoms with Crippen molar-refractivity contribution in [3.8, 4) is 11.8 Å². The van der Waals surface area contributed by atoms with E-state index in [1.54, 1.807) is 25.3 Å². The van der Waals surface area contributed by atoms with Gasteiger partial charge in [0, 0.05) is 11.6 Å². The molecule has 0 amide bonds. The summed E-state index contributed by atoms with van der Waals surface area (Å²) in [7, 11) is 0. The van der Waals surface area contributed by atoms with E-state index in [-0.39, 0.29) is 28.7 Å². The minimum Gasteiger partial charge on any atom is -0.382 e. The highest BCUT2D eigenvalue weighted by Gasteiger charge is 2.32. The lowest BCUT2D eigenvalue weighted by atomic mass is 10.1. The highest BCUT2D eigenvalue weighted by Crippen LogP contribution is 2.35. The molecule has 1 aromatic carbocycles. The van der Waals surface area contributed by atoms with Crippen molar-refractivity contribution >= 4 is 28.5 Å². The van der Waals surface area contributed by atoms with Gasteiger partial charge in [-0.25, -0.2) is 4.68 Å². The van der Waals surface area contributed by atoms with Crippen LogP contribution in [0, 0.1) is 11.3 Å². The van der Waals surface area contributed by atoms with Crippen molar-refractivity contribution in [2.75, 3.05) is 16.8 Å². The molecule has 1 unspecified atom stereocenters. The van der Waals surface area contributed by atoms with Gasteiger partial charge in [-0.1, -0.05) is 6.07 Å². The molecule has 0 saturated heterocycles. The molecule has 0 aliphatic rings. The number of hydrogen-bond donors (Lipinski definition) is 3. The molecule has 0 bridgehead atoms. The van der Waals surface area contributed by atoms with E-state index >= 15 is 0 Å². The number of halogens is 3. The number of hydrogen-bond acceptors (Lipinski definition) is 8. The fourth-order valence-electron chi connectivity index (χ4n) is 3.30. The van der Waals surface area contributed by atoms with Gasteiger partial charge in [-0.3, -0.25) is 4.98 Å². The Labute approximate surface area is 179 Å². The van der Waals surface area contributed by atoms with Crippen LogP contribution in [0.4, 0.5) is 30.8 Å². The molecule has 1 atom stereocenters. The van der Waals surface area contributed by atoms with Gasteiger partial charge in [-0.2, -0.15) is 33.5 Å². The molecule has 12 heteroatoms. The summed E-state index contributed by atoms with van der Waals surface area (Å²) in [5.41, 5.74) is 11.8. The van der Waals surface area contributed by atoms with Crippen LogP contribution in [-0.2, 0) is 6.18 Å². The third-order valence-corrected chi connectivity index (χ3v) is 4.76. The summed E-state index contributed by atoms with van der Waals surface area (Å²) in [6.45, 7) is 1.72. The molecule has 4 aromatic rings. The van der Waals surface area contributed by atoms with E-state index in [1.165, 1.54) is 16.9 Å². The van der Waals surface area contributed by atoms with Crippen LogP contribution in [0.15, 0.2) is 42.7 Å². The molecule has 162 valence electrons. The van der Waals surface area contributed by atoms with Crippen LogP contribution in [0.2, 0.25) is 0 Å². The molecule has 0 spiro atoms. The number of aromatic nitrogens is 5. The third-order valence-electron chi connectivity index (χ3n) is 4.76. The number of anilines is 3. The van der Waals surface area contributed by atoms with Gasteiger partial charge in [-0.15, -0.1) is 0 Å². The second-order valence-corrected chi connectivity index (χ2v) is 6.91. The topological polar surface area (TPSA) is 144 Å². The Bertz CT molecular complexity index is 1340. The fraction of sp³-hybridized carbons (Fsp3) is 0.150. The van der Waals surface area contributed by atoms with Gasteiger partial charge in [-0.05, 0) is 31.2 Å². The second kappa shape index (κ2) is 7.69. The van der Waals surface area contributed by atoms with Gasteiger partial charge >= 0.3 is 6.18 Å². The number of benzene rings is 1. The first-order valence-electron chi connectivity index (χ1n) is 9.29. The summed E-state index contributed by atoms with van der Waals surface area (Å²) >= 11 is 0. The highest BCUT2D eigenvalue weighted by atomic mass is 19.4. The van der Waals surface area contributed by atoms with Crippen LogP contribution in [0.3, 0.4) is 0 Å². The van der Waals surface area contributed by atoms with E-state index in [9.17, 15) is 18.4 Å². The number of fused-ring (bicyclic) bond motifs is 1. The standard InChI is InChI=1S/C20H16F3N9/c1-10(28-18-14(8-24)17(25)29-19(26)30-18)16-13-5-4-11(20(21,22)23)7-15(13)32(31-16)12-3-2-6-27-9-12/h2-7,9-10H,1H3,(H5,25,26,28,29,30). The van der Waals surface area contributed by atoms with Gasteiger partial charge in [0.2, 0.25) is 5.95 Å². The maximum atomic E-state index is 13.3. The van der Waals surface area contributed by atoms with Gasteiger partial charge in [0.15, 0.2) is 5.82 Å². The number of nitriles is 1. The molecule has 3 aromatic heterocycles. The molecular formula is C20H16F3N9. The molecule has 0 saturated carbocycles. The number of pyridine rings is 1. The van der Waals surface area contributed by atoms with Crippen molar-refractivity contribution in [2.24, 2.45) is 0 Å². The van der Waals surface area contributed by atoms with Crippen molar-refractivity contribution < 1.29 is 13.2 Å². The molecule has 3 heterocycles. The monoisotopic (exact) mass is 439 g/mol. The summed E-state index contributed by atoms with van der Waals surface area (Å²) in [5, 5.41) is 17.4. The minimum absolute atomic E-state index is 0.00130. The summed E-state index contributed by atoms with van der Waals surface area (Å²) in [6, 6.07) is 8.07. The maximum absolute atomic E-state index is 13.3. The van der Waals surface area contributed by atoms with Crippen LogP contribution in [0.1, 0.15) is 29.8 Å². The zero-order valence-electron chi connectivity index (χ0n) is 16.6. The Hall–Kier alpha value is -4.40. The lowest BCUT2D eigenvalue weighted by Crippen LogP contribution is -2.14. The van der Waals surface area contributed by atoms with E-state index in [0.29, 0.717) is 16.8 Å². The van der Waals surface area contributed by atoms with Crippen molar-refractivity contribution in [1.82, 2.24) is 24.7 Å². The van der Waals surface area contributed by atoms with Crippen LogP contribution < -0.4 is 16.8 Å². The predicted octanol–water partition coefficient (Wildman–Crippen LogP) is 3.44. The summed E-state index contributed by atoms with van der Waals surface area (Å²) in [6.07, 6.45) is -1.47. The Kier molecular flexibility index (Phi) is 5.01. The molecule has 4 rings (SSSR count). The summed E-state index contributed by atoms with van der Waals surface area (Å²) < 4.78 is 41.4. The average molecular weight is 439 g/mol. The molecule has 0 aliphatic heterocycles. The lowest BCUT2D eigenvalue weighted by Gasteiger charge is -2.15. The van der Waals surface area contributed by atoms with Crippen molar-refractivity contribution in [2.45, 2.75) is 19.1 Å². The molecular weight excluding hydrogens is 423 g/mol. The number of nitrogens with two attached hydrogens (primary N) is 2. The first-order chi connectivity index (χ1) is 15.2. The quantitative estimate of drug-likeness (QED) is 0.439. The number of alkyl halides is 3. The number of nitrogens with one attached hydrogen (secondary N) is 1. The first kappa shape index (κ1) is 20.9. The maximum Gasteiger partial charge on any atom is 0.416 e. The van der Waals surface area contributed by atoms with E-state index in [1.807, 2.05) is 6.07 Å². The van der Waals surface area contributed by atoms with Crippen LogP contribution in [0.25, 0.3) is 16.6 Å². The Morgan fingerprint density at radius 3 is 2.62 bits per heavy atom. The van der Waals surface area contributed by atoms with E-state index in [2.05, 4.69) is 25.4 Å². The smallest absolute Gasteiger partial charge is 0.382 e. The first-order valence-corrected chi connectivity index (χ1v) is 9.29. The molecule has 0 radical (unpaired) electrons. The van der Waals surface area contributed by atoms with Gasteiger partial charge in [0.05, 0.1) is 34.7 Å². The number of nitrogen functional groups attached to an aromatic ring is 2. The number of nitrogens with zero attached hydrogens (tertiary/aromatic N) is 6. The zero-order chi connectivity index (χ0) is 23.0. The molecule has 0 aliphatic carbocycles. The highest BCUT2D eigenvalue weighted by molar-refractivity contribution is 5.85.